The Morgan fingerprint density at radius 1 is 1.31 bits per heavy atom. The third kappa shape index (κ3) is 4.88. The molecule has 0 aliphatic heterocycles. The smallest absolute Gasteiger partial charge is 0.186 e. The Bertz CT molecular complexity index is 338. The van der Waals surface area contributed by atoms with Crippen molar-refractivity contribution in [2.75, 3.05) is 12.4 Å². The lowest BCUT2D eigenvalue weighted by Crippen LogP contribution is -2.22. The van der Waals surface area contributed by atoms with Crippen LogP contribution in [-0.2, 0) is 6.54 Å². The van der Waals surface area contributed by atoms with Crippen LogP contribution in [0, 0.1) is 0 Å². The first-order valence-electron chi connectivity index (χ1n) is 4.73. The Kier molecular flexibility index (Phi) is 5.49. The monoisotopic (exact) mass is 243 g/mol. The summed E-state index contributed by atoms with van der Waals surface area (Å²) in [6, 6.07) is 7.34. The van der Waals surface area contributed by atoms with Gasteiger partial charge in [0.15, 0.2) is 5.96 Å². The van der Waals surface area contributed by atoms with E-state index >= 15 is 0 Å². The number of ether oxygens (including phenoxy) is 1. The van der Waals surface area contributed by atoms with Crippen LogP contribution >= 0.6 is 12.1 Å². The average Bonchev–Trinajstić information content (AvgIpc) is 2.28. The summed E-state index contributed by atoms with van der Waals surface area (Å²) in [5, 5.41) is 0. The van der Waals surface area contributed by atoms with Crippen molar-refractivity contribution in [1.82, 2.24) is 0 Å². The maximum absolute atomic E-state index is 11.7. The molecule has 1 rings (SSSR count). The molecule has 0 fully saturated rings. The maximum Gasteiger partial charge on any atom is 0.186 e. The summed E-state index contributed by atoms with van der Waals surface area (Å²) in [6.45, 7) is 0.803. The van der Waals surface area contributed by atoms with E-state index in [2.05, 4.69) is 4.99 Å². The van der Waals surface area contributed by atoms with Crippen molar-refractivity contribution < 1.29 is 8.62 Å². The molecule has 0 saturated carbocycles. The molecular formula is C10H14FN3OS. The van der Waals surface area contributed by atoms with Gasteiger partial charge in [-0.05, 0) is 17.7 Å². The molecule has 4 nitrogen and oxygen atoms in total. The predicted octanol–water partition coefficient (Wildman–Crippen LogP) is 1.46. The molecule has 0 bridgehead atoms. The number of guanidine groups is 1. The average molecular weight is 243 g/mol. The largest absolute Gasteiger partial charge is 0.493 e. The summed E-state index contributed by atoms with van der Waals surface area (Å²) in [7, 11) is 0. The van der Waals surface area contributed by atoms with Crippen molar-refractivity contribution in [3.05, 3.63) is 29.8 Å². The molecule has 0 radical (unpaired) electrons. The van der Waals surface area contributed by atoms with Crippen molar-refractivity contribution in [1.29, 1.82) is 0 Å². The standard InChI is InChI=1S/C10H14FN3OS/c11-16-6-5-15-9-3-1-8(2-4-9)7-14-10(12)13/h1-4H,5-7H2,(H4,12,13,14). The summed E-state index contributed by atoms with van der Waals surface area (Å²) < 4.78 is 17.0. The Morgan fingerprint density at radius 3 is 2.56 bits per heavy atom. The van der Waals surface area contributed by atoms with Gasteiger partial charge in [0.1, 0.15) is 5.75 Å². The molecule has 0 atom stereocenters. The first-order valence-corrected chi connectivity index (χ1v) is 5.61. The molecule has 0 heterocycles. The minimum Gasteiger partial charge on any atom is -0.493 e. The molecule has 0 unspecified atom stereocenters. The van der Waals surface area contributed by atoms with E-state index in [9.17, 15) is 3.89 Å². The van der Waals surface area contributed by atoms with Gasteiger partial charge in [-0.25, -0.2) is 4.99 Å². The van der Waals surface area contributed by atoms with Crippen LogP contribution in [-0.4, -0.2) is 18.3 Å². The normalized spacial score (nSPS) is 9.81. The summed E-state index contributed by atoms with van der Waals surface area (Å²) in [5.74, 6) is 1.11. The minimum atomic E-state index is 0.0697. The second-order valence-electron chi connectivity index (χ2n) is 3.05. The lowest BCUT2D eigenvalue weighted by atomic mass is 10.2. The number of halogens is 1. The highest BCUT2D eigenvalue weighted by atomic mass is 32.2. The molecule has 6 heteroatoms. The van der Waals surface area contributed by atoms with E-state index in [1.807, 2.05) is 12.1 Å². The van der Waals surface area contributed by atoms with Gasteiger partial charge in [-0.1, -0.05) is 12.1 Å². The van der Waals surface area contributed by atoms with E-state index in [0.29, 0.717) is 24.7 Å². The Morgan fingerprint density at radius 2 is 2.00 bits per heavy atom. The fourth-order valence-corrected chi connectivity index (χ4v) is 1.21. The zero-order chi connectivity index (χ0) is 11.8. The van der Waals surface area contributed by atoms with Crippen LogP contribution < -0.4 is 16.2 Å². The number of hydrogen-bond acceptors (Lipinski definition) is 3. The quantitative estimate of drug-likeness (QED) is 0.450. The number of nitrogens with zero attached hydrogens (tertiary/aromatic N) is 1. The highest BCUT2D eigenvalue weighted by molar-refractivity contribution is 7.94. The molecule has 4 N–H and O–H groups in total. The van der Waals surface area contributed by atoms with Crippen LogP contribution in [0.2, 0.25) is 0 Å². The van der Waals surface area contributed by atoms with Gasteiger partial charge in [0.05, 0.1) is 18.9 Å². The summed E-state index contributed by atoms with van der Waals surface area (Å²) in [6.07, 6.45) is 0. The van der Waals surface area contributed by atoms with E-state index in [4.69, 9.17) is 16.2 Å². The van der Waals surface area contributed by atoms with E-state index < -0.39 is 0 Å². The molecular weight excluding hydrogens is 229 g/mol. The third-order valence-electron chi connectivity index (χ3n) is 1.80. The van der Waals surface area contributed by atoms with Crippen molar-refractivity contribution in [2.45, 2.75) is 6.54 Å². The molecule has 0 amide bonds. The Hall–Kier alpha value is -1.43. The second kappa shape index (κ2) is 6.95. The van der Waals surface area contributed by atoms with Gasteiger partial charge in [0.2, 0.25) is 0 Å². The fourth-order valence-electron chi connectivity index (χ4n) is 1.06. The summed E-state index contributed by atoms with van der Waals surface area (Å²) in [5.41, 5.74) is 11.4. The lowest BCUT2D eigenvalue weighted by molar-refractivity contribution is 0.343. The SMILES string of the molecule is NC(N)=NCc1ccc(OCCSF)cc1. The molecule has 16 heavy (non-hydrogen) atoms. The van der Waals surface area contributed by atoms with Crippen LogP contribution in [0.5, 0.6) is 5.75 Å². The van der Waals surface area contributed by atoms with E-state index in [-0.39, 0.29) is 18.1 Å². The molecule has 88 valence electrons. The second-order valence-corrected chi connectivity index (χ2v) is 3.67. The Labute approximate surface area is 98.2 Å². The Balaban J connectivity index is 2.44. The van der Waals surface area contributed by atoms with Gasteiger partial charge >= 0.3 is 0 Å². The van der Waals surface area contributed by atoms with Crippen LogP contribution in [0.3, 0.4) is 0 Å². The first kappa shape index (κ1) is 12.6. The van der Waals surface area contributed by atoms with E-state index in [1.165, 1.54) is 0 Å². The van der Waals surface area contributed by atoms with Gasteiger partial charge in [-0.2, -0.15) is 3.89 Å². The van der Waals surface area contributed by atoms with Crippen LogP contribution in [0.15, 0.2) is 29.3 Å². The van der Waals surface area contributed by atoms with E-state index in [1.54, 1.807) is 12.1 Å². The van der Waals surface area contributed by atoms with Crippen molar-refractivity contribution in [2.24, 2.45) is 16.5 Å². The van der Waals surface area contributed by atoms with Crippen LogP contribution in [0.1, 0.15) is 5.56 Å². The summed E-state index contributed by atoms with van der Waals surface area (Å²) >= 11 is 0.265. The molecule has 0 aromatic heterocycles. The molecule has 0 saturated heterocycles. The number of benzene rings is 1. The number of aliphatic imine (C=N–C) groups is 1. The maximum atomic E-state index is 11.7. The third-order valence-corrected chi connectivity index (χ3v) is 2.12. The van der Waals surface area contributed by atoms with Crippen molar-refractivity contribution in [3.8, 4) is 5.75 Å². The minimum absolute atomic E-state index is 0.0697. The molecule has 0 aliphatic carbocycles. The van der Waals surface area contributed by atoms with Gasteiger partial charge in [0, 0.05) is 12.1 Å². The zero-order valence-electron chi connectivity index (χ0n) is 8.73. The molecule has 0 aliphatic rings. The van der Waals surface area contributed by atoms with Gasteiger partial charge < -0.3 is 16.2 Å². The number of nitrogens with two attached hydrogens (primary N) is 2. The highest BCUT2D eigenvalue weighted by Crippen LogP contribution is 2.13. The van der Waals surface area contributed by atoms with Crippen molar-refractivity contribution in [3.63, 3.8) is 0 Å². The summed E-state index contributed by atoms with van der Waals surface area (Å²) in [4.78, 5) is 3.88. The predicted molar refractivity (Wildman–Crippen MR) is 65.0 cm³/mol. The van der Waals surface area contributed by atoms with Crippen molar-refractivity contribution >= 4 is 18.1 Å². The lowest BCUT2D eigenvalue weighted by Gasteiger charge is -2.04. The highest BCUT2D eigenvalue weighted by Gasteiger charge is 1.95. The topological polar surface area (TPSA) is 73.6 Å². The van der Waals surface area contributed by atoms with Crippen LogP contribution in [0.4, 0.5) is 3.89 Å². The molecule has 0 spiro atoms. The molecule has 1 aromatic carbocycles. The first-order chi connectivity index (χ1) is 7.72. The van der Waals surface area contributed by atoms with Crippen LogP contribution in [0.25, 0.3) is 0 Å². The van der Waals surface area contributed by atoms with E-state index in [0.717, 1.165) is 5.56 Å². The zero-order valence-corrected chi connectivity index (χ0v) is 9.54. The number of hydrogen-bond donors (Lipinski definition) is 2. The fraction of sp³-hybridized carbons (Fsp3) is 0.300. The molecule has 1 aromatic rings. The van der Waals surface area contributed by atoms with Gasteiger partial charge in [-0.3, -0.25) is 0 Å². The van der Waals surface area contributed by atoms with Gasteiger partial charge in [-0.15, -0.1) is 0 Å². The van der Waals surface area contributed by atoms with Gasteiger partial charge in [0.25, 0.3) is 0 Å². The number of rotatable bonds is 6.